The molecule has 0 aliphatic rings. The summed E-state index contributed by atoms with van der Waals surface area (Å²) >= 11 is 1.78. The number of thiophene rings is 1. The van der Waals surface area contributed by atoms with Crippen molar-refractivity contribution in [2.45, 2.75) is 0 Å². The Hall–Kier alpha value is -5.85. The smallest absolute Gasteiger partial charge is 0.153 e. The molecule has 0 fully saturated rings. The van der Waals surface area contributed by atoms with Gasteiger partial charge in [0.1, 0.15) is 22.3 Å². The summed E-state index contributed by atoms with van der Waals surface area (Å²) in [6.07, 6.45) is 3.66. The Morgan fingerprint density at radius 3 is 1.78 bits per heavy atom. The molecule has 0 atom stereocenters. The molecule has 0 aliphatic carbocycles. The lowest BCUT2D eigenvalue weighted by molar-refractivity contribution is 0.668. The van der Waals surface area contributed by atoms with E-state index in [1.165, 1.54) is 14.8 Å². The first-order valence-electron chi connectivity index (χ1n) is 14.7. The van der Waals surface area contributed by atoms with Crippen LogP contribution in [-0.4, -0.2) is 15.0 Å². The molecule has 6 aromatic heterocycles. The Bertz CT molecular complexity index is 2790. The minimum Gasteiger partial charge on any atom is -0.456 e. The van der Waals surface area contributed by atoms with E-state index in [2.05, 4.69) is 88.8 Å². The summed E-state index contributed by atoms with van der Waals surface area (Å²) in [6.45, 7) is 0. The number of hydrogen-bond acceptors (Lipinski definition) is 6. The lowest BCUT2D eigenvalue weighted by atomic mass is 10.0. The molecule has 0 aliphatic heterocycles. The van der Waals surface area contributed by atoms with Crippen LogP contribution in [0.2, 0.25) is 0 Å². The number of aromatic nitrogens is 3. The van der Waals surface area contributed by atoms with E-state index in [0.717, 1.165) is 83.2 Å². The zero-order valence-electron chi connectivity index (χ0n) is 23.7. The molecule has 45 heavy (non-hydrogen) atoms. The average molecular weight is 596 g/mol. The third-order valence-corrected chi connectivity index (χ3v) is 9.72. The SMILES string of the molecule is c1cc(-c2ccc3oc4ccc(-c5ccc6sc7cccnc7c6c5)cc4c3c2)nc(-c2ccc3oc4cccnc4c3c2)c1. The maximum absolute atomic E-state index is 6.27. The van der Waals surface area contributed by atoms with Crippen LogP contribution in [-0.2, 0) is 0 Å². The fourth-order valence-electron chi connectivity index (χ4n) is 6.41. The van der Waals surface area contributed by atoms with E-state index >= 15 is 0 Å². The van der Waals surface area contributed by atoms with Crippen molar-refractivity contribution in [3.63, 3.8) is 0 Å². The van der Waals surface area contributed by atoms with Gasteiger partial charge in [-0.05, 0) is 108 Å². The Morgan fingerprint density at radius 1 is 0.422 bits per heavy atom. The van der Waals surface area contributed by atoms with Crippen LogP contribution in [0.3, 0.4) is 0 Å². The van der Waals surface area contributed by atoms with Crippen molar-refractivity contribution in [3.8, 4) is 33.6 Å². The molecule has 210 valence electrons. The molecule has 4 aromatic carbocycles. The highest BCUT2D eigenvalue weighted by molar-refractivity contribution is 7.25. The first-order valence-corrected chi connectivity index (χ1v) is 15.6. The molecule has 0 spiro atoms. The molecule has 0 saturated carbocycles. The maximum atomic E-state index is 6.27. The summed E-state index contributed by atoms with van der Waals surface area (Å²) in [6, 6.07) is 39.7. The van der Waals surface area contributed by atoms with E-state index in [9.17, 15) is 0 Å². The normalized spacial score (nSPS) is 12.0. The lowest BCUT2D eigenvalue weighted by Gasteiger charge is -2.06. The number of fused-ring (bicyclic) bond motifs is 9. The second kappa shape index (κ2) is 9.32. The first kappa shape index (κ1) is 24.6. The summed E-state index contributed by atoms with van der Waals surface area (Å²) in [5.74, 6) is 0. The molecule has 0 amide bonds. The Labute approximate surface area is 260 Å². The van der Waals surface area contributed by atoms with E-state index in [1.54, 1.807) is 17.5 Å². The van der Waals surface area contributed by atoms with Crippen LogP contribution in [0.15, 0.2) is 136 Å². The monoisotopic (exact) mass is 595 g/mol. The minimum absolute atomic E-state index is 0.785. The lowest BCUT2D eigenvalue weighted by Crippen LogP contribution is -1.88. The van der Waals surface area contributed by atoms with Crippen LogP contribution in [0, 0.1) is 0 Å². The Kier molecular flexibility index (Phi) is 5.09. The summed E-state index contributed by atoms with van der Waals surface area (Å²) in [4.78, 5) is 14.3. The van der Waals surface area contributed by atoms with Gasteiger partial charge < -0.3 is 8.83 Å². The van der Waals surface area contributed by atoms with Crippen LogP contribution < -0.4 is 0 Å². The van der Waals surface area contributed by atoms with Crippen molar-refractivity contribution in [2.24, 2.45) is 0 Å². The number of nitrogens with zero attached hydrogens (tertiary/aromatic N) is 3. The summed E-state index contributed by atoms with van der Waals surface area (Å²) in [5, 5.41) is 4.33. The largest absolute Gasteiger partial charge is 0.456 e. The Morgan fingerprint density at radius 2 is 1.00 bits per heavy atom. The van der Waals surface area contributed by atoms with Crippen LogP contribution in [0.4, 0.5) is 0 Å². The van der Waals surface area contributed by atoms with Gasteiger partial charge in [0.15, 0.2) is 5.58 Å². The van der Waals surface area contributed by atoms with Gasteiger partial charge in [-0.15, -0.1) is 11.3 Å². The van der Waals surface area contributed by atoms with Gasteiger partial charge in [-0.25, -0.2) is 4.98 Å². The van der Waals surface area contributed by atoms with Gasteiger partial charge in [0.2, 0.25) is 0 Å². The van der Waals surface area contributed by atoms with Crippen molar-refractivity contribution in [1.29, 1.82) is 0 Å². The zero-order chi connectivity index (χ0) is 29.5. The van der Waals surface area contributed by atoms with E-state index in [0.29, 0.717) is 0 Å². The maximum Gasteiger partial charge on any atom is 0.153 e. The average Bonchev–Trinajstić information content (AvgIpc) is 3.78. The van der Waals surface area contributed by atoms with Crippen molar-refractivity contribution < 1.29 is 8.83 Å². The second-order valence-electron chi connectivity index (χ2n) is 11.3. The van der Waals surface area contributed by atoms with Crippen molar-refractivity contribution in [1.82, 2.24) is 15.0 Å². The standard InChI is InChI=1S/C39H21N3O2S/c1-4-30(42-31(5-1)25-10-14-34-28(21-25)38-35(44-34)6-2-16-40-38)24-9-13-33-27(20-24)26-18-22(8-12-32(26)43-33)23-11-15-36-29(19-23)39-37(45-36)7-3-17-41-39/h1-21H. The third-order valence-electron chi connectivity index (χ3n) is 8.59. The number of pyridine rings is 3. The molecule has 6 heteroatoms. The number of benzene rings is 4. The molecular weight excluding hydrogens is 575 g/mol. The first-order chi connectivity index (χ1) is 22.2. The van der Waals surface area contributed by atoms with E-state index in [-0.39, 0.29) is 0 Å². The second-order valence-corrected chi connectivity index (χ2v) is 12.3. The highest BCUT2D eigenvalue weighted by atomic mass is 32.1. The highest BCUT2D eigenvalue weighted by Gasteiger charge is 2.14. The Balaban J connectivity index is 1.07. The minimum atomic E-state index is 0.785. The van der Waals surface area contributed by atoms with E-state index in [1.807, 2.05) is 42.6 Å². The van der Waals surface area contributed by atoms with Crippen LogP contribution in [0.1, 0.15) is 0 Å². The van der Waals surface area contributed by atoms with Gasteiger partial charge in [-0.3, -0.25) is 9.97 Å². The van der Waals surface area contributed by atoms with Gasteiger partial charge in [-0.1, -0.05) is 18.2 Å². The predicted octanol–water partition coefficient (Wildman–Crippen LogP) is 11.0. The van der Waals surface area contributed by atoms with Crippen LogP contribution >= 0.6 is 11.3 Å². The van der Waals surface area contributed by atoms with Gasteiger partial charge in [0, 0.05) is 49.8 Å². The molecule has 0 unspecified atom stereocenters. The van der Waals surface area contributed by atoms with Crippen molar-refractivity contribution in [3.05, 3.63) is 128 Å². The molecular formula is C39H21N3O2S. The number of hydrogen-bond donors (Lipinski definition) is 0. The van der Waals surface area contributed by atoms with Crippen molar-refractivity contribution in [2.75, 3.05) is 0 Å². The van der Waals surface area contributed by atoms with Crippen LogP contribution in [0.25, 0.3) is 98.0 Å². The molecule has 6 heterocycles. The molecule has 5 nitrogen and oxygen atoms in total. The predicted molar refractivity (Wildman–Crippen MR) is 184 cm³/mol. The number of rotatable bonds is 3. The van der Waals surface area contributed by atoms with Gasteiger partial charge in [-0.2, -0.15) is 0 Å². The molecule has 0 saturated heterocycles. The fraction of sp³-hybridized carbons (Fsp3) is 0. The number of furan rings is 2. The van der Waals surface area contributed by atoms with Gasteiger partial charge in [0.05, 0.1) is 21.6 Å². The molecule has 0 N–H and O–H groups in total. The molecule has 0 radical (unpaired) electrons. The van der Waals surface area contributed by atoms with Crippen molar-refractivity contribution >= 4 is 75.6 Å². The molecule has 10 rings (SSSR count). The molecule has 0 bridgehead atoms. The summed E-state index contributed by atoms with van der Waals surface area (Å²) in [7, 11) is 0. The van der Waals surface area contributed by atoms with Gasteiger partial charge >= 0.3 is 0 Å². The fourth-order valence-corrected chi connectivity index (χ4v) is 7.45. The quantitative estimate of drug-likeness (QED) is 0.203. The molecule has 10 aromatic rings. The van der Waals surface area contributed by atoms with Crippen LogP contribution in [0.5, 0.6) is 0 Å². The summed E-state index contributed by atoms with van der Waals surface area (Å²) in [5.41, 5.74) is 11.4. The zero-order valence-corrected chi connectivity index (χ0v) is 24.5. The van der Waals surface area contributed by atoms with E-state index < -0.39 is 0 Å². The topological polar surface area (TPSA) is 65.0 Å². The third kappa shape index (κ3) is 3.83. The van der Waals surface area contributed by atoms with Gasteiger partial charge in [0.25, 0.3) is 0 Å². The van der Waals surface area contributed by atoms with E-state index in [4.69, 9.17) is 13.8 Å². The highest BCUT2D eigenvalue weighted by Crippen LogP contribution is 2.38. The summed E-state index contributed by atoms with van der Waals surface area (Å²) < 4.78 is 14.7.